The largest absolute Gasteiger partial charge is 1.00 e. The van der Waals surface area contributed by atoms with Crippen LogP contribution in [0.3, 0.4) is 0 Å². The molecule has 0 spiro atoms. The first-order valence-corrected chi connectivity index (χ1v) is 9.69. The molecule has 156 valence electrons. The SMILES string of the molecule is O=C([O-])[C@H](CCCc1ccc(F)cc1)[C@H](Nc1ccc(F)cc1)c1ccc(O)cc1.[Na+]. The van der Waals surface area contributed by atoms with Crippen molar-refractivity contribution in [2.75, 3.05) is 5.32 Å². The van der Waals surface area contributed by atoms with Gasteiger partial charge in [-0.2, -0.15) is 0 Å². The van der Waals surface area contributed by atoms with Crippen LogP contribution in [0.25, 0.3) is 0 Å². The molecule has 0 fully saturated rings. The Morgan fingerprint density at radius 1 is 0.903 bits per heavy atom. The third kappa shape index (κ3) is 7.35. The van der Waals surface area contributed by atoms with Gasteiger partial charge in [-0.3, -0.25) is 0 Å². The number of anilines is 1. The zero-order chi connectivity index (χ0) is 21.5. The quantitative estimate of drug-likeness (QED) is 0.498. The van der Waals surface area contributed by atoms with Crippen molar-refractivity contribution < 1.29 is 53.3 Å². The van der Waals surface area contributed by atoms with E-state index in [4.69, 9.17) is 0 Å². The van der Waals surface area contributed by atoms with Crippen LogP contribution in [0.4, 0.5) is 14.5 Å². The van der Waals surface area contributed by atoms with Crippen LogP contribution < -0.4 is 40.0 Å². The van der Waals surface area contributed by atoms with Crippen molar-refractivity contribution in [3.8, 4) is 5.75 Å². The fraction of sp³-hybridized carbons (Fsp3) is 0.208. The van der Waals surface area contributed by atoms with Crippen LogP contribution in [-0.4, -0.2) is 11.1 Å². The molecular weight excluding hydrogens is 411 g/mol. The number of aliphatic carboxylic acids is 1. The van der Waals surface area contributed by atoms with Crippen LogP contribution >= 0.6 is 0 Å². The Bertz CT molecular complexity index is 964. The Balaban J connectivity index is 0.00000341. The van der Waals surface area contributed by atoms with Gasteiger partial charge < -0.3 is 20.3 Å². The average molecular weight is 433 g/mol. The molecule has 7 heteroatoms. The Labute approximate surface area is 202 Å². The van der Waals surface area contributed by atoms with Crippen LogP contribution in [0.5, 0.6) is 5.75 Å². The van der Waals surface area contributed by atoms with Gasteiger partial charge in [0.15, 0.2) is 0 Å². The van der Waals surface area contributed by atoms with Crippen LogP contribution in [0, 0.1) is 17.6 Å². The molecule has 2 atom stereocenters. The number of carbonyl (C=O) groups is 1. The number of carbonyl (C=O) groups excluding carboxylic acids is 1. The van der Waals surface area contributed by atoms with Crippen molar-refractivity contribution >= 4 is 11.7 Å². The molecule has 4 nitrogen and oxygen atoms in total. The van der Waals surface area contributed by atoms with E-state index in [1.807, 2.05) is 0 Å². The summed E-state index contributed by atoms with van der Waals surface area (Å²) in [5.74, 6) is -2.72. The average Bonchev–Trinajstić information content (AvgIpc) is 2.73. The summed E-state index contributed by atoms with van der Waals surface area (Å²) in [6, 6.07) is 17.4. The zero-order valence-corrected chi connectivity index (χ0v) is 19.2. The third-order valence-corrected chi connectivity index (χ3v) is 5.02. The summed E-state index contributed by atoms with van der Waals surface area (Å²) in [5.41, 5.74) is 2.15. The van der Waals surface area contributed by atoms with Crippen molar-refractivity contribution in [2.45, 2.75) is 25.3 Å². The van der Waals surface area contributed by atoms with Gasteiger partial charge in [0.2, 0.25) is 0 Å². The van der Waals surface area contributed by atoms with E-state index in [2.05, 4.69) is 5.32 Å². The molecule has 0 heterocycles. The Kier molecular flexibility index (Phi) is 9.49. The minimum absolute atomic E-state index is 0. The van der Waals surface area contributed by atoms with Crippen molar-refractivity contribution in [3.63, 3.8) is 0 Å². The molecule has 0 aliphatic carbocycles. The van der Waals surface area contributed by atoms with E-state index in [1.54, 1.807) is 24.3 Å². The van der Waals surface area contributed by atoms with Gasteiger partial charge in [0.1, 0.15) is 17.4 Å². The maximum Gasteiger partial charge on any atom is 1.00 e. The van der Waals surface area contributed by atoms with Gasteiger partial charge in [0, 0.05) is 17.6 Å². The molecule has 3 aromatic carbocycles. The number of aryl methyl sites for hydroxylation is 1. The van der Waals surface area contributed by atoms with Gasteiger partial charge in [0.05, 0.1) is 6.04 Å². The normalized spacial score (nSPS) is 12.5. The standard InChI is InChI=1S/C24H23F2NO3.Na/c25-18-8-4-16(5-9-18)2-1-3-22(24(29)30)23(17-6-14-21(28)15-7-17)27-20-12-10-19(26)11-13-20;/h4-15,22-23,27-28H,1-3H2,(H,29,30);/q;+1/p-1/t22-,23-;/m1./s1. The van der Waals surface area contributed by atoms with Crippen LogP contribution in [0.1, 0.15) is 30.0 Å². The molecule has 0 amide bonds. The summed E-state index contributed by atoms with van der Waals surface area (Å²) >= 11 is 0. The Morgan fingerprint density at radius 3 is 2.00 bits per heavy atom. The number of phenols is 1. The number of carboxylic acids is 1. The summed E-state index contributed by atoms with van der Waals surface area (Å²) in [4.78, 5) is 12.0. The molecule has 0 unspecified atom stereocenters. The Morgan fingerprint density at radius 2 is 1.45 bits per heavy atom. The number of hydrogen-bond acceptors (Lipinski definition) is 4. The molecule has 0 aliphatic heterocycles. The summed E-state index contributed by atoms with van der Waals surface area (Å²) < 4.78 is 26.3. The van der Waals surface area contributed by atoms with Crippen molar-refractivity contribution in [3.05, 3.63) is 95.6 Å². The van der Waals surface area contributed by atoms with E-state index >= 15 is 0 Å². The van der Waals surface area contributed by atoms with Gasteiger partial charge in [-0.15, -0.1) is 0 Å². The first-order chi connectivity index (χ1) is 14.4. The number of benzene rings is 3. The second-order valence-corrected chi connectivity index (χ2v) is 7.16. The minimum Gasteiger partial charge on any atom is -0.550 e. The fourth-order valence-corrected chi connectivity index (χ4v) is 3.42. The predicted molar refractivity (Wildman–Crippen MR) is 109 cm³/mol. The second kappa shape index (κ2) is 11.8. The van der Waals surface area contributed by atoms with E-state index in [-0.39, 0.29) is 41.1 Å². The van der Waals surface area contributed by atoms with E-state index in [1.165, 1.54) is 48.5 Å². The van der Waals surface area contributed by atoms with Crippen molar-refractivity contribution in [1.82, 2.24) is 0 Å². The molecule has 3 aromatic rings. The fourth-order valence-electron chi connectivity index (χ4n) is 3.42. The number of rotatable bonds is 9. The molecule has 0 aliphatic rings. The molecular formula is C24H22F2NNaO3. The number of phenolic OH excluding ortho intramolecular Hbond substituents is 1. The van der Waals surface area contributed by atoms with Gasteiger partial charge in [-0.1, -0.05) is 24.3 Å². The van der Waals surface area contributed by atoms with E-state index < -0.39 is 23.7 Å². The zero-order valence-electron chi connectivity index (χ0n) is 17.2. The number of carboxylic acid groups (broad SMARTS) is 1. The molecule has 0 radical (unpaired) electrons. The van der Waals surface area contributed by atoms with E-state index in [9.17, 15) is 23.8 Å². The topological polar surface area (TPSA) is 72.4 Å². The summed E-state index contributed by atoms with van der Waals surface area (Å²) in [6.07, 6.45) is 1.48. The van der Waals surface area contributed by atoms with Crippen LogP contribution in [-0.2, 0) is 11.2 Å². The first kappa shape index (κ1) is 24.9. The summed E-state index contributed by atoms with van der Waals surface area (Å²) in [7, 11) is 0. The van der Waals surface area contributed by atoms with Crippen LogP contribution in [0.15, 0.2) is 72.8 Å². The smallest absolute Gasteiger partial charge is 0.550 e. The van der Waals surface area contributed by atoms with Gasteiger partial charge in [0.25, 0.3) is 0 Å². The molecule has 0 saturated carbocycles. The molecule has 31 heavy (non-hydrogen) atoms. The molecule has 3 rings (SSSR count). The third-order valence-electron chi connectivity index (χ3n) is 5.02. The molecule has 0 bridgehead atoms. The number of halogens is 2. The van der Waals surface area contributed by atoms with Gasteiger partial charge in [-0.25, -0.2) is 8.78 Å². The second-order valence-electron chi connectivity index (χ2n) is 7.16. The number of nitrogens with one attached hydrogen (secondary N) is 1. The van der Waals surface area contributed by atoms with Crippen molar-refractivity contribution in [2.24, 2.45) is 5.92 Å². The van der Waals surface area contributed by atoms with E-state index in [0.717, 1.165) is 5.56 Å². The monoisotopic (exact) mass is 433 g/mol. The summed E-state index contributed by atoms with van der Waals surface area (Å²) in [6.45, 7) is 0. The predicted octanol–water partition coefficient (Wildman–Crippen LogP) is 1.22. The van der Waals surface area contributed by atoms with E-state index in [0.29, 0.717) is 30.5 Å². The minimum atomic E-state index is -1.21. The van der Waals surface area contributed by atoms with Crippen LogP contribution in [0.2, 0.25) is 0 Å². The van der Waals surface area contributed by atoms with Crippen molar-refractivity contribution in [1.29, 1.82) is 0 Å². The molecule has 0 aromatic heterocycles. The number of hydrogen-bond donors (Lipinski definition) is 2. The first-order valence-electron chi connectivity index (χ1n) is 9.69. The Hall–Kier alpha value is -2.41. The maximum absolute atomic E-state index is 13.2. The molecule has 2 N–H and O–H groups in total. The molecule has 0 saturated heterocycles. The summed E-state index contributed by atoms with van der Waals surface area (Å²) in [5, 5.41) is 24.7. The van der Waals surface area contributed by atoms with Gasteiger partial charge >= 0.3 is 29.6 Å². The van der Waals surface area contributed by atoms with Gasteiger partial charge in [-0.05, 0) is 78.9 Å². The number of aromatic hydroxyl groups is 1. The maximum atomic E-state index is 13.2.